The van der Waals surface area contributed by atoms with Crippen molar-refractivity contribution < 1.29 is 13.9 Å². The van der Waals surface area contributed by atoms with Crippen molar-refractivity contribution in [1.82, 2.24) is 24.0 Å². The Labute approximate surface area is 199 Å². The normalized spacial score (nSPS) is 11.0. The number of aromatic nitrogens is 4. The quantitative estimate of drug-likeness (QED) is 0.370. The Morgan fingerprint density at radius 3 is 2.43 bits per heavy atom. The maximum absolute atomic E-state index is 14.4. The largest absolute Gasteiger partial charge is 0.497 e. The molecule has 4 aromatic rings. The lowest BCUT2D eigenvalue weighted by Gasteiger charge is -2.12. The monoisotopic (exact) mass is 480 g/mol. The summed E-state index contributed by atoms with van der Waals surface area (Å²) in [5.41, 5.74) is 0.139. The average Bonchev–Trinajstić information content (AvgIpc) is 3.23. The van der Waals surface area contributed by atoms with E-state index in [4.69, 9.17) is 4.74 Å². The Morgan fingerprint density at radius 1 is 1.03 bits per heavy atom. The van der Waals surface area contributed by atoms with Crippen LogP contribution in [-0.2, 0) is 20.6 Å². The first-order valence-corrected chi connectivity index (χ1v) is 10.9. The highest BCUT2D eigenvalue weighted by atomic mass is 19.1. The van der Waals surface area contributed by atoms with E-state index in [1.807, 2.05) is 0 Å². The van der Waals surface area contributed by atoms with Gasteiger partial charge in [0, 0.05) is 38.3 Å². The van der Waals surface area contributed by atoms with Gasteiger partial charge in [0.05, 0.1) is 13.7 Å². The van der Waals surface area contributed by atoms with E-state index in [-0.39, 0.29) is 42.7 Å². The fourth-order valence-corrected chi connectivity index (χ4v) is 3.73. The lowest BCUT2D eigenvalue weighted by Crippen LogP contribution is -2.37. The van der Waals surface area contributed by atoms with E-state index in [1.165, 1.54) is 24.7 Å². The first-order valence-electron chi connectivity index (χ1n) is 10.9. The van der Waals surface area contributed by atoms with Gasteiger partial charge in [-0.25, -0.2) is 9.18 Å². The summed E-state index contributed by atoms with van der Waals surface area (Å²) < 4.78 is 23.3. The van der Waals surface area contributed by atoms with E-state index < -0.39 is 17.1 Å². The molecular weight excluding hydrogens is 455 g/mol. The number of halogens is 1. The molecule has 1 amide bonds. The molecule has 0 radical (unpaired) electrons. The third-order valence-corrected chi connectivity index (χ3v) is 5.68. The standard InChI is InChI=1S/C24H25FN6O4/c1-29-20-19(22(33)30(2)24(29)34)31(14-16-6-4-5-7-18(16)25)23(28-20)27-13-12-26-21(32)15-8-10-17(35-3)11-9-15/h4-11H,12-14H2,1-3H3,(H,26,32)(H,27,28). The van der Waals surface area contributed by atoms with E-state index in [0.717, 1.165) is 4.57 Å². The molecule has 0 bridgehead atoms. The van der Waals surface area contributed by atoms with Gasteiger partial charge in [-0.1, -0.05) is 18.2 Å². The molecule has 11 heteroatoms. The number of ether oxygens (including phenoxy) is 1. The molecular formula is C24H25FN6O4. The van der Waals surface area contributed by atoms with Crippen molar-refractivity contribution in [1.29, 1.82) is 0 Å². The zero-order valence-electron chi connectivity index (χ0n) is 19.5. The van der Waals surface area contributed by atoms with Crippen LogP contribution in [0.1, 0.15) is 15.9 Å². The number of benzene rings is 2. The van der Waals surface area contributed by atoms with E-state index in [1.54, 1.807) is 54.1 Å². The lowest BCUT2D eigenvalue weighted by atomic mass is 10.2. The predicted octanol–water partition coefficient (Wildman–Crippen LogP) is 1.47. The number of nitrogens with one attached hydrogen (secondary N) is 2. The van der Waals surface area contributed by atoms with Crippen LogP contribution in [0.5, 0.6) is 5.75 Å². The Kier molecular flexibility index (Phi) is 6.67. The Bertz CT molecular complexity index is 1500. The third kappa shape index (κ3) is 4.65. The Morgan fingerprint density at radius 2 is 1.74 bits per heavy atom. The molecule has 0 aliphatic carbocycles. The molecule has 0 spiro atoms. The molecule has 0 saturated heterocycles. The van der Waals surface area contributed by atoms with Crippen molar-refractivity contribution in [2.45, 2.75) is 6.54 Å². The first kappa shape index (κ1) is 23.7. The summed E-state index contributed by atoms with van der Waals surface area (Å²) in [6, 6.07) is 12.9. The number of nitrogens with zero attached hydrogens (tertiary/aromatic N) is 4. The van der Waals surface area contributed by atoms with Gasteiger partial charge >= 0.3 is 5.69 Å². The number of aryl methyl sites for hydroxylation is 1. The molecule has 0 atom stereocenters. The van der Waals surface area contributed by atoms with E-state index in [2.05, 4.69) is 15.6 Å². The summed E-state index contributed by atoms with van der Waals surface area (Å²) >= 11 is 0. The molecule has 182 valence electrons. The van der Waals surface area contributed by atoms with Gasteiger partial charge in [-0.05, 0) is 30.3 Å². The van der Waals surface area contributed by atoms with Gasteiger partial charge in [0.25, 0.3) is 11.5 Å². The fourth-order valence-electron chi connectivity index (χ4n) is 3.73. The van der Waals surface area contributed by atoms with Crippen molar-refractivity contribution in [2.24, 2.45) is 14.1 Å². The summed E-state index contributed by atoms with van der Waals surface area (Å²) in [6.07, 6.45) is 0. The molecule has 0 fully saturated rings. The average molecular weight is 481 g/mol. The highest BCUT2D eigenvalue weighted by Gasteiger charge is 2.20. The number of hydrogen-bond acceptors (Lipinski definition) is 6. The SMILES string of the molecule is COc1ccc(C(=O)NCCNc2nc3c(c(=O)n(C)c(=O)n3C)n2Cc2ccccc2F)cc1. The molecule has 0 unspecified atom stereocenters. The van der Waals surface area contributed by atoms with Gasteiger partial charge in [0.2, 0.25) is 5.95 Å². The van der Waals surface area contributed by atoms with E-state index in [9.17, 15) is 18.8 Å². The zero-order valence-corrected chi connectivity index (χ0v) is 19.5. The maximum Gasteiger partial charge on any atom is 0.332 e. The maximum atomic E-state index is 14.4. The number of amides is 1. The number of hydrogen-bond donors (Lipinski definition) is 2. The number of anilines is 1. The minimum absolute atomic E-state index is 0.0250. The van der Waals surface area contributed by atoms with Crippen molar-refractivity contribution >= 4 is 23.0 Å². The molecule has 0 aliphatic heterocycles. The molecule has 0 aliphatic rings. The molecule has 0 saturated carbocycles. The van der Waals surface area contributed by atoms with Gasteiger partial charge in [0.15, 0.2) is 11.2 Å². The summed E-state index contributed by atoms with van der Waals surface area (Å²) in [4.78, 5) is 42.2. The van der Waals surface area contributed by atoms with Crippen LogP contribution < -0.4 is 26.6 Å². The Hall–Kier alpha value is -4.41. The molecule has 2 aromatic heterocycles. The molecule has 2 N–H and O–H groups in total. The van der Waals surface area contributed by atoms with Crippen LogP contribution in [-0.4, -0.2) is 44.8 Å². The molecule has 2 heterocycles. The van der Waals surface area contributed by atoms with Crippen molar-refractivity contribution in [3.63, 3.8) is 0 Å². The number of carbonyl (C=O) groups is 1. The van der Waals surface area contributed by atoms with Crippen molar-refractivity contribution in [3.05, 3.63) is 86.3 Å². The zero-order chi connectivity index (χ0) is 25.1. The smallest absolute Gasteiger partial charge is 0.332 e. The molecule has 35 heavy (non-hydrogen) atoms. The second-order valence-electron chi connectivity index (χ2n) is 7.90. The van der Waals surface area contributed by atoms with Gasteiger partial charge < -0.3 is 15.4 Å². The highest BCUT2D eigenvalue weighted by Crippen LogP contribution is 2.19. The molecule has 10 nitrogen and oxygen atoms in total. The van der Waals surface area contributed by atoms with Crippen molar-refractivity contribution in [2.75, 3.05) is 25.5 Å². The number of imidazole rings is 1. The minimum atomic E-state index is -0.534. The van der Waals surface area contributed by atoms with Crippen LogP contribution in [0.15, 0.2) is 58.1 Å². The summed E-state index contributed by atoms with van der Waals surface area (Å²) in [6.45, 7) is 0.554. The van der Waals surface area contributed by atoms with Crippen LogP contribution in [0, 0.1) is 5.82 Å². The van der Waals surface area contributed by atoms with Crippen LogP contribution >= 0.6 is 0 Å². The topological polar surface area (TPSA) is 112 Å². The first-order chi connectivity index (χ1) is 16.8. The predicted molar refractivity (Wildman–Crippen MR) is 130 cm³/mol. The van der Waals surface area contributed by atoms with Gasteiger partial charge in [-0.15, -0.1) is 0 Å². The van der Waals surface area contributed by atoms with E-state index >= 15 is 0 Å². The lowest BCUT2D eigenvalue weighted by molar-refractivity contribution is 0.0955. The van der Waals surface area contributed by atoms with Crippen LogP contribution in [0.25, 0.3) is 11.2 Å². The van der Waals surface area contributed by atoms with Crippen LogP contribution in [0.3, 0.4) is 0 Å². The van der Waals surface area contributed by atoms with Gasteiger partial charge in [0.1, 0.15) is 11.6 Å². The summed E-state index contributed by atoms with van der Waals surface area (Å²) in [5, 5.41) is 5.89. The number of carbonyl (C=O) groups excluding carboxylic acids is 1. The second kappa shape index (κ2) is 9.84. The highest BCUT2D eigenvalue weighted by molar-refractivity contribution is 5.94. The summed E-state index contributed by atoms with van der Waals surface area (Å²) in [5.74, 6) is 0.247. The third-order valence-electron chi connectivity index (χ3n) is 5.68. The number of methoxy groups -OCH3 is 1. The van der Waals surface area contributed by atoms with Crippen LogP contribution in [0.4, 0.5) is 10.3 Å². The van der Waals surface area contributed by atoms with Crippen molar-refractivity contribution in [3.8, 4) is 5.75 Å². The minimum Gasteiger partial charge on any atom is -0.497 e. The van der Waals surface area contributed by atoms with Gasteiger partial charge in [-0.3, -0.25) is 23.3 Å². The second-order valence-corrected chi connectivity index (χ2v) is 7.90. The van der Waals surface area contributed by atoms with E-state index in [0.29, 0.717) is 16.9 Å². The Balaban J connectivity index is 1.59. The van der Waals surface area contributed by atoms with Crippen LogP contribution in [0.2, 0.25) is 0 Å². The van der Waals surface area contributed by atoms with Gasteiger partial charge in [-0.2, -0.15) is 4.98 Å². The molecule has 4 rings (SSSR count). The fraction of sp³-hybridized carbons (Fsp3) is 0.250. The summed E-state index contributed by atoms with van der Waals surface area (Å²) in [7, 11) is 4.45. The number of rotatable bonds is 8. The molecule has 2 aromatic carbocycles. The number of fused-ring (bicyclic) bond motifs is 1.